The van der Waals surface area contributed by atoms with Gasteiger partial charge in [0.15, 0.2) is 0 Å². The Kier molecular flexibility index (Phi) is 6.85. The first kappa shape index (κ1) is 21.1. The van der Waals surface area contributed by atoms with Gasteiger partial charge < -0.3 is 19.9 Å². The topological polar surface area (TPSA) is 79.1 Å². The summed E-state index contributed by atoms with van der Waals surface area (Å²) in [6.45, 7) is 3.06. The summed E-state index contributed by atoms with van der Waals surface area (Å²) in [7, 11) is 1.61. The van der Waals surface area contributed by atoms with E-state index in [-0.39, 0.29) is 6.03 Å². The molecule has 0 aliphatic heterocycles. The number of nitrogens with one attached hydrogen (secondary N) is 2. The molecule has 1 aromatic heterocycles. The third kappa shape index (κ3) is 4.51. The van der Waals surface area contributed by atoms with E-state index in [1.165, 1.54) is 0 Å². The number of ether oxygens (including phenoxy) is 1. The normalized spacial score (nSPS) is 10.1. The van der Waals surface area contributed by atoms with Crippen LogP contribution < -0.4 is 15.4 Å². The molecule has 0 bridgehead atoms. The summed E-state index contributed by atoms with van der Waals surface area (Å²) in [5.41, 5.74) is 3.44. The van der Waals surface area contributed by atoms with Crippen molar-refractivity contribution in [1.29, 1.82) is 5.26 Å². The maximum absolute atomic E-state index is 11.8. The van der Waals surface area contributed by atoms with Gasteiger partial charge in [0.1, 0.15) is 17.5 Å². The number of alkyl halides is 1. The maximum Gasteiger partial charge on any atom is 0.319 e. The van der Waals surface area contributed by atoms with Gasteiger partial charge in [-0.15, -0.1) is 11.6 Å². The van der Waals surface area contributed by atoms with Crippen molar-refractivity contribution in [3.05, 3.63) is 59.3 Å². The molecule has 2 N–H and O–H groups in total. The van der Waals surface area contributed by atoms with Gasteiger partial charge in [-0.25, -0.2) is 4.79 Å². The van der Waals surface area contributed by atoms with Crippen LogP contribution in [0.15, 0.2) is 42.5 Å². The van der Waals surface area contributed by atoms with Crippen LogP contribution in [-0.4, -0.2) is 30.1 Å². The van der Waals surface area contributed by atoms with Crippen LogP contribution >= 0.6 is 11.6 Å². The van der Waals surface area contributed by atoms with Gasteiger partial charge in [-0.05, 0) is 43.2 Å². The Morgan fingerprint density at radius 3 is 2.77 bits per heavy atom. The molecule has 0 unspecified atom stereocenters. The fourth-order valence-electron chi connectivity index (χ4n) is 3.17. The molecule has 3 aromatic rings. The van der Waals surface area contributed by atoms with E-state index in [9.17, 15) is 10.1 Å². The van der Waals surface area contributed by atoms with E-state index >= 15 is 0 Å². The summed E-state index contributed by atoms with van der Waals surface area (Å²) in [5, 5.41) is 16.0. The van der Waals surface area contributed by atoms with Crippen molar-refractivity contribution in [2.24, 2.45) is 0 Å². The van der Waals surface area contributed by atoms with Crippen LogP contribution in [0.3, 0.4) is 0 Å². The van der Waals surface area contributed by atoms with Gasteiger partial charge in [0, 0.05) is 41.7 Å². The molecule has 0 saturated heterocycles. The van der Waals surface area contributed by atoms with Crippen LogP contribution in [0, 0.1) is 23.2 Å². The molecule has 0 radical (unpaired) electrons. The highest BCUT2D eigenvalue weighted by Gasteiger charge is 2.15. The molecular weight excluding hydrogens is 400 g/mol. The number of halogens is 1. The van der Waals surface area contributed by atoms with E-state index in [0.717, 1.165) is 22.2 Å². The Balaban J connectivity index is 1.97. The lowest BCUT2D eigenvalue weighted by atomic mass is 10.1. The fourth-order valence-corrected chi connectivity index (χ4v) is 3.26. The molecule has 0 spiro atoms. The lowest BCUT2D eigenvalue weighted by Gasteiger charge is -2.06. The number of aryl methyl sites for hydroxylation is 1. The monoisotopic (exact) mass is 420 g/mol. The van der Waals surface area contributed by atoms with E-state index < -0.39 is 0 Å². The Hall–Kier alpha value is -3.61. The summed E-state index contributed by atoms with van der Waals surface area (Å²) in [4.78, 5) is 11.8. The van der Waals surface area contributed by atoms with Crippen molar-refractivity contribution in [2.75, 3.05) is 24.9 Å². The number of methoxy groups -OCH3 is 1. The minimum atomic E-state index is -0.326. The van der Waals surface area contributed by atoms with Crippen LogP contribution in [0.4, 0.5) is 10.5 Å². The van der Waals surface area contributed by atoms with Gasteiger partial charge in [-0.1, -0.05) is 12.0 Å². The number of fused-ring (bicyclic) bond motifs is 1. The summed E-state index contributed by atoms with van der Waals surface area (Å²) in [5.74, 6) is 7.33. The highest BCUT2D eigenvalue weighted by atomic mass is 35.5. The van der Waals surface area contributed by atoms with Crippen molar-refractivity contribution in [3.63, 3.8) is 0 Å². The number of urea groups is 1. The zero-order chi connectivity index (χ0) is 21.5. The van der Waals surface area contributed by atoms with Gasteiger partial charge in [-0.3, -0.25) is 0 Å². The van der Waals surface area contributed by atoms with E-state index in [1.807, 2.05) is 41.8 Å². The minimum absolute atomic E-state index is 0.326. The van der Waals surface area contributed by atoms with Crippen molar-refractivity contribution in [2.45, 2.75) is 13.5 Å². The average molecular weight is 421 g/mol. The molecule has 0 saturated carbocycles. The molecule has 0 fully saturated rings. The molecule has 2 aromatic carbocycles. The second-order valence-corrected chi connectivity index (χ2v) is 6.74. The van der Waals surface area contributed by atoms with Crippen LogP contribution in [0.25, 0.3) is 10.9 Å². The minimum Gasteiger partial charge on any atom is -0.497 e. The number of carbonyl (C=O) groups excluding carboxylic acids is 1. The number of rotatable bonds is 5. The fraction of sp³-hybridized carbons (Fsp3) is 0.217. The summed E-state index contributed by atoms with van der Waals surface area (Å²) < 4.78 is 7.33. The second-order valence-electron chi connectivity index (χ2n) is 6.36. The average Bonchev–Trinajstić information content (AvgIpc) is 3.07. The number of carbonyl (C=O) groups is 1. The lowest BCUT2D eigenvalue weighted by Crippen LogP contribution is -2.30. The van der Waals surface area contributed by atoms with Crippen molar-refractivity contribution < 1.29 is 9.53 Å². The van der Waals surface area contributed by atoms with E-state index in [0.29, 0.717) is 35.9 Å². The van der Waals surface area contributed by atoms with E-state index in [4.69, 9.17) is 16.3 Å². The largest absolute Gasteiger partial charge is 0.497 e. The summed E-state index contributed by atoms with van der Waals surface area (Å²) in [6.07, 6.45) is 0. The molecule has 0 aliphatic rings. The number of anilines is 1. The van der Waals surface area contributed by atoms with Gasteiger partial charge in [0.05, 0.1) is 18.2 Å². The third-order valence-corrected chi connectivity index (χ3v) is 4.71. The van der Waals surface area contributed by atoms with E-state index in [2.05, 4.69) is 28.5 Å². The van der Waals surface area contributed by atoms with Crippen molar-refractivity contribution in [1.82, 2.24) is 9.88 Å². The third-order valence-electron chi connectivity index (χ3n) is 4.53. The number of amides is 2. The smallest absolute Gasteiger partial charge is 0.319 e. The molecule has 1 heterocycles. The molecule has 6 nitrogen and oxygen atoms in total. The standard InChI is InChI=1S/C23H21ClN4O2/c1-3-28-21(20(15-25)19-9-8-18(30-2)14-22(19)28)10-7-16-5-4-6-17(13-16)27-23(29)26-12-11-24/h4-6,8-9,13-14H,3,11-12H2,1-2H3,(H2,26,27,29). The molecular formula is C23H21ClN4O2. The van der Waals surface area contributed by atoms with Gasteiger partial charge in [-0.2, -0.15) is 5.26 Å². The Labute approximate surface area is 180 Å². The zero-order valence-corrected chi connectivity index (χ0v) is 17.5. The zero-order valence-electron chi connectivity index (χ0n) is 16.8. The van der Waals surface area contributed by atoms with Gasteiger partial charge >= 0.3 is 6.03 Å². The lowest BCUT2D eigenvalue weighted by molar-refractivity contribution is 0.252. The number of hydrogen-bond donors (Lipinski definition) is 2. The molecule has 0 aliphatic carbocycles. The molecule has 152 valence electrons. The highest BCUT2D eigenvalue weighted by Crippen LogP contribution is 2.29. The Morgan fingerprint density at radius 1 is 1.23 bits per heavy atom. The number of nitriles is 1. The first-order valence-corrected chi connectivity index (χ1v) is 9.98. The predicted molar refractivity (Wildman–Crippen MR) is 119 cm³/mol. The summed E-state index contributed by atoms with van der Waals surface area (Å²) >= 11 is 5.58. The van der Waals surface area contributed by atoms with Crippen molar-refractivity contribution >= 4 is 34.2 Å². The molecule has 2 amide bonds. The summed E-state index contributed by atoms with van der Waals surface area (Å²) in [6, 6.07) is 14.8. The number of benzene rings is 2. The van der Waals surface area contributed by atoms with Gasteiger partial charge in [0.25, 0.3) is 0 Å². The second kappa shape index (κ2) is 9.73. The number of nitrogens with zero attached hydrogens (tertiary/aromatic N) is 2. The van der Waals surface area contributed by atoms with Crippen LogP contribution in [0.2, 0.25) is 0 Å². The molecule has 30 heavy (non-hydrogen) atoms. The van der Waals surface area contributed by atoms with Crippen LogP contribution in [0.5, 0.6) is 5.75 Å². The predicted octanol–water partition coefficient (Wildman–Crippen LogP) is 4.30. The first-order chi connectivity index (χ1) is 14.6. The van der Waals surface area contributed by atoms with Gasteiger partial charge in [0.2, 0.25) is 0 Å². The molecule has 0 atom stereocenters. The SMILES string of the molecule is CCn1c(C#Cc2cccc(NC(=O)NCCCl)c2)c(C#N)c2ccc(OC)cc21. The maximum atomic E-state index is 11.8. The Morgan fingerprint density at radius 2 is 2.07 bits per heavy atom. The molecule has 3 rings (SSSR count). The quantitative estimate of drug-likeness (QED) is 0.477. The van der Waals surface area contributed by atoms with Crippen LogP contribution in [0.1, 0.15) is 23.7 Å². The van der Waals surface area contributed by atoms with Crippen LogP contribution in [-0.2, 0) is 6.54 Å². The van der Waals surface area contributed by atoms with E-state index in [1.54, 1.807) is 19.2 Å². The molecule has 7 heteroatoms. The van der Waals surface area contributed by atoms with Crippen molar-refractivity contribution in [3.8, 4) is 23.7 Å². The Bertz CT molecular complexity index is 1180. The highest BCUT2D eigenvalue weighted by molar-refractivity contribution is 6.18. The first-order valence-electron chi connectivity index (χ1n) is 9.44. The number of hydrogen-bond acceptors (Lipinski definition) is 3. The number of aromatic nitrogens is 1.